The fourth-order valence-electron chi connectivity index (χ4n) is 4.15. The zero-order valence-electron chi connectivity index (χ0n) is 16.3. The number of para-hydroxylation sites is 1. The molecule has 7 heteroatoms. The van der Waals surface area contributed by atoms with Crippen LogP contribution >= 0.6 is 0 Å². The highest BCUT2D eigenvalue weighted by atomic mass is 16.5. The number of aliphatic hydroxyl groups is 1. The van der Waals surface area contributed by atoms with Crippen molar-refractivity contribution in [3.8, 4) is 17.1 Å². The van der Waals surface area contributed by atoms with E-state index in [2.05, 4.69) is 14.8 Å². The zero-order valence-corrected chi connectivity index (χ0v) is 16.3. The maximum absolute atomic E-state index is 10.2. The lowest BCUT2D eigenvalue weighted by Gasteiger charge is -2.30. The van der Waals surface area contributed by atoms with Gasteiger partial charge in [-0.05, 0) is 25.0 Å². The van der Waals surface area contributed by atoms with Crippen LogP contribution in [0.25, 0.3) is 11.4 Å². The van der Waals surface area contributed by atoms with Crippen molar-refractivity contribution in [2.45, 2.75) is 6.92 Å². The van der Waals surface area contributed by atoms with Gasteiger partial charge in [-0.2, -0.15) is 0 Å². The van der Waals surface area contributed by atoms with Crippen LogP contribution in [0.4, 0.5) is 5.82 Å². The van der Waals surface area contributed by atoms with E-state index in [1.807, 2.05) is 25.1 Å². The van der Waals surface area contributed by atoms with Gasteiger partial charge < -0.3 is 19.8 Å². The van der Waals surface area contributed by atoms with Crippen LogP contribution in [-0.2, 0) is 4.74 Å². The largest absolute Gasteiger partial charge is 0.507 e. The molecule has 0 aliphatic carbocycles. The number of hydrogen-bond acceptors (Lipinski definition) is 7. The summed E-state index contributed by atoms with van der Waals surface area (Å²) < 4.78 is 5.45. The number of aliphatic hydroxyl groups excluding tert-OH is 1. The molecule has 0 spiro atoms. The van der Waals surface area contributed by atoms with Gasteiger partial charge in [-0.15, -0.1) is 0 Å². The van der Waals surface area contributed by atoms with E-state index in [9.17, 15) is 10.2 Å². The number of nitrogens with zero attached hydrogens (tertiary/aromatic N) is 4. The quantitative estimate of drug-likeness (QED) is 0.809. The lowest BCUT2D eigenvalue weighted by Crippen LogP contribution is -2.41. The fraction of sp³-hybridized carbons (Fsp3) is 0.524. The van der Waals surface area contributed by atoms with Gasteiger partial charge in [0.2, 0.25) is 0 Å². The molecule has 2 atom stereocenters. The summed E-state index contributed by atoms with van der Waals surface area (Å²) in [5.41, 5.74) is 1.50. The van der Waals surface area contributed by atoms with Crippen LogP contribution in [0.3, 0.4) is 0 Å². The number of rotatable bonds is 5. The van der Waals surface area contributed by atoms with Gasteiger partial charge in [0.15, 0.2) is 5.82 Å². The van der Waals surface area contributed by atoms with Crippen LogP contribution in [0, 0.1) is 18.8 Å². The highest BCUT2D eigenvalue weighted by Crippen LogP contribution is 2.31. The van der Waals surface area contributed by atoms with Crippen LogP contribution in [-0.4, -0.2) is 77.6 Å². The molecule has 2 N–H and O–H groups in total. The molecule has 0 bridgehead atoms. The monoisotopic (exact) mass is 384 g/mol. The minimum Gasteiger partial charge on any atom is -0.507 e. The van der Waals surface area contributed by atoms with E-state index in [0.29, 0.717) is 17.3 Å². The molecule has 1 aromatic heterocycles. The normalized spacial score (nSPS) is 23.3. The van der Waals surface area contributed by atoms with Crippen LogP contribution in [0.2, 0.25) is 0 Å². The zero-order chi connectivity index (χ0) is 19.5. The molecular formula is C21H28N4O3. The van der Waals surface area contributed by atoms with Crippen molar-refractivity contribution in [2.75, 3.05) is 57.4 Å². The number of aromatic nitrogens is 2. The Balaban J connectivity index is 1.54. The van der Waals surface area contributed by atoms with Gasteiger partial charge in [0.05, 0.1) is 18.8 Å². The second kappa shape index (κ2) is 8.43. The predicted octanol–water partition coefficient (Wildman–Crippen LogP) is 1.53. The van der Waals surface area contributed by atoms with E-state index in [1.54, 1.807) is 12.1 Å². The number of benzene rings is 1. The molecule has 2 fully saturated rings. The van der Waals surface area contributed by atoms with Gasteiger partial charge in [-0.25, -0.2) is 9.97 Å². The summed E-state index contributed by atoms with van der Waals surface area (Å²) in [5, 5.41) is 20.1. The molecular weight excluding hydrogens is 356 g/mol. The molecule has 2 aliphatic rings. The molecule has 0 unspecified atom stereocenters. The molecule has 7 nitrogen and oxygen atoms in total. The Morgan fingerprint density at radius 2 is 1.86 bits per heavy atom. The smallest absolute Gasteiger partial charge is 0.165 e. The first-order valence-corrected chi connectivity index (χ1v) is 9.94. The number of ether oxygens (including phenoxy) is 1. The number of aromatic hydroxyl groups is 1. The molecule has 3 heterocycles. The Labute approximate surface area is 165 Å². The van der Waals surface area contributed by atoms with Crippen LogP contribution in [0.5, 0.6) is 5.75 Å². The molecule has 1 aromatic carbocycles. The summed E-state index contributed by atoms with van der Waals surface area (Å²) in [6, 6.07) is 9.12. The van der Waals surface area contributed by atoms with Gasteiger partial charge >= 0.3 is 0 Å². The molecule has 4 rings (SSSR count). The molecule has 2 aliphatic heterocycles. The highest BCUT2D eigenvalue weighted by molar-refractivity contribution is 5.65. The highest BCUT2D eigenvalue weighted by Gasteiger charge is 2.34. The van der Waals surface area contributed by atoms with Crippen molar-refractivity contribution in [3.63, 3.8) is 0 Å². The summed E-state index contributed by atoms with van der Waals surface area (Å²) in [5.74, 6) is 2.19. The molecule has 0 radical (unpaired) electrons. The molecule has 2 aromatic rings. The second-order valence-electron chi connectivity index (χ2n) is 7.73. The summed E-state index contributed by atoms with van der Waals surface area (Å²) in [4.78, 5) is 13.9. The maximum Gasteiger partial charge on any atom is 0.165 e. The van der Waals surface area contributed by atoms with Crippen molar-refractivity contribution >= 4 is 5.82 Å². The van der Waals surface area contributed by atoms with Crippen LogP contribution in [0.15, 0.2) is 30.3 Å². The van der Waals surface area contributed by atoms with Gasteiger partial charge in [-0.3, -0.25) is 4.90 Å². The standard InChI is InChI=1S/C21H28N4O3/c1-15-10-20(23-21(22-15)18-4-2-3-5-19(18)27)25-12-16(17(13-25)14-26)11-24-6-8-28-9-7-24/h2-5,10,16-17,26-27H,6-9,11-14H2,1H3/t16-,17-/m0/s1. The van der Waals surface area contributed by atoms with Crippen molar-refractivity contribution in [1.82, 2.24) is 14.9 Å². The minimum atomic E-state index is 0.180. The number of hydrogen-bond donors (Lipinski definition) is 2. The van der Waals surface area contributed by atoms with Crippen LogP contribution in [0.1, 0.15) is 5.69 Å². The fourth-order valence-corrected chi connectivity index (χ4v) is 4.15. The van der Waals surface area contributed by atoms with E-state index in [4.69, 9.17) is 9.72 Å². The number of phenols is 1. The van der Waals surface area contributed by atoms with E-state index < -0.39 is 0 Å². The third-order valence-electron chi connectivity index (χ3n) is 5.72. The van der Waals surface area contributed by atoms with E-state index in [1.165, 1.54) is 0 Å². The van der Waals surface area contributed by atoms with Gasteiger partial charge in [0.25, 0.3) is 0 Å². The Hall–Kier alpha value is -2.22. The molecule has 0 amide bonds. The average molecular weight is 384 g/mol. The number of phenolic OH excluding ortho intramolecular Hbond substituents is 1. The topological polar surface area (TPSA) is 82.0 Å². The van der Waals surface area contributed by atoms with E-state index >= 15 is 0 Å². The summed E-state index contributed by atoms with van der Waals surface area (Å²) in [7, 11) is 0. The first kappa shape index (κ1) is 19.1. The molecule has 150 valence electrons. The predicted molar refractivity (Wildman–Crippen MR) is 107 cm³/mol. The molecule has 2 saturated heterocycles. The molecule has 28 heavy (non-hydrogen) atoms. The third-order valence-corrected chi connectivity index (χ3v) is 5.72. The van der Waals surface area contributed by atoms with Crippen LogP contribution < -0.4 is 4.90 Å². The molecule has 0 saturated carbocycles. The SMILES string of the molecule is Cc1cc(N2C[C@@H](CO)[C@@H](CN3CCOCC3)C2)nc(-c2ccccc2O)n1. The Morgan fingerprint density at radius 3 is 2.61 bits per heavy atom. The lowest BCUT2D eigenvalue weighted by molar-refractivity contribution is 0.0268. The van der Waals surface area contributed by atoms with Crippen molar-refractivity contribution in [2.24, 2.45) is 11.8 Å². The van der Waals surface area contributed by atoms with E-state index in [-0.39, 0.29) is 18.3 Å². The average Bonchev–Trinajstić information content (AvgIpc) is 3.11. The Morgan fingerprint density at radius 1 is 1.11 bits per heavy atom. The number of morpholine rings is 1. The minimum absolute atomic E-state index is 0.180. The van der Waals surface area contributed by atoms with Gasteiger partial charge in [0.1, 0.15) is 11.6 Å². The van der Waals surface area contributed by atoms with E-state index in [0.717, 1.165) is 57.4 Å². The summed E-state index contributed by atoms with van der Waals surface area (Å²) in [6.45, 7) is 8.23. The van der Waals surface area contributed by atoms with Gasteiger partial charge in [0, 0.05) is 57.0 Å². The second-order valence-corrected chi connectivity index (χ2v) is 7.73. The first-order valence-electron chi connectivity index (χ1n) is 9.94. The maximum atomic E-state index is 10.2. The van der Waals surface area contributed by atoms with Crippen molar-refractivity contribution < 1.29 is 14.9 Å². The summed E-state index contributed by atoms with van der Waals surface area (Å²) >= 11 is 0. The Bertz CT molecular complexity index is 810. The van der Waals surface area contributed by atoms with Gasteiger partial charge in [-0.1, -0.05) is 12.1 Å². The first-order chi connectivity index (χ1) is 13.6. The van der Waals surface area contributed by atoms with Crippen molar-refractivity contribution in [3.05, 3.63) is 36.0 Å². The lowest BCUT2D eigenvalue weighted by atomic mass is 9.96. The Kier molecular flexibility index (Phi) is 5.75. The number of anilines is 1. The third kappa shape index (κ3) is 4.11. The number of aryl methyl sites for hydroxylation is 1. The van der Waals surface area contributed by atoms with Crippen molar-refractivity contribution in [1.29, 1.82) is 0 Å². The summed E-state index contributed by atoms with van der Waals surface area (Å²) in [6.07, 6.45) is 0.